The molecule has 1 aromatic heterocycles. The van der Waals surface area contributed by atoms with Gasteiger partial charge in [0.05, 0.1) is 0 Å². The van der Waals surface area contributed by atoms with Crippen LogP contribution < -0.4 is 0 Å². The minimum absolute atomic E-state index is 0.551. The van der Waals surface area contributed by atoms with E-state index in [1.807, 2.05) is 0 Å². The molecule has 0 aliphatic rings. The molecule has 4 nitrogen and oxygen atoms in total. The first-order valence-corrected chi connectivity index (χ1v) is 5.61. The van der Waals surface area contributed by atoms with E-state index in [0.29, 0.717) is 20.8 Å². The highest BCUT2D eigenvalue weighted by atomic mass is 79.9. The molecule has 2 rings (SSSR count). The molecule has 0 atom stereocenters. The van der Waals surface area contributed by atoms with Crippen LogP contribution in [-0.4, -0.2) is 21.3 Å². The number of hydrogen-bond donors (Lipinski definition) is 0. The Morgan fingerprint density at radius 3 is 2.81 bits per heavy atom. The highest BCUT2D eigenvalue weighted by Gasteiger charge is 2.14. The summed E-state index contributed by atoms with van der Waals surface area (Å²) in [5, 5.41) is 8.29. The molecule has 16 heavy (non-hydrogen) atoms. The van der Waals surface area contributed by atoms with Crippen LogP contribution in [0.1, 0.15) is 10.4 Å². The Kier molecular flexibility index (Phi) is 3.07. The van der Waals surface area contributed by atoms with Crippen molar-refractivity contribution in [1.29, 1.82) is 0 Å². The fourth-order valence-electron chi connectivity index (χ4n) is 1.45. The van der Waals surface area contributed by atoms with Gasteiger partial charge in [-0.15, -0.1) is 5.10 Å². The van der Waals surface area contributed by atoms with Crippen LogP contribution >= 0.6 is 27.5 Å². The van der Waals surface area contributed by atoms with Crippen molar-refractivity contribution in [3.63, 3.8) is 0 Å². The van der Waals surface area contributed by atoms with E-state index in [2.05, 4.69) is 26.2 Å². The van der Waals surface area contributed by atoms with Crippen LogP contribution in [0, 0.1) is 0 Å². The van der Waals surface area contributed by atoms with Crippen LogP contribution in [0.2, 0.25) is 5.02 Å². The first-order chi connectivity index (χ1) is 7.63. The molecule has 1 aromatic carbocycles. The van der Waals surface area contributed by atoms with E-state index in [0.717, 1.165) is 12.0 Å². The number of carbonyl (C=O) groups is 1. The number of nitrogens with zero attached hydrogens (tertiary/aromatic N) is 3. The van der Waals surface area contributed by atoms with Gasteiger partial charge in [0.25, 0.3) is 0 Å². The fourth-order valence-corrected chi connectivity index (χ4v) is 2.17. The third-order valence-electron chi connectivity index (χ3n) is 2.18. The molecule has 0 N–H and O–H groups in total. The zero-order valence-electron chi connectivity index (χ0n) is 8.32. The summed E-state index contributed by atoms with van der Waals surface area (Å²) in [6.45, 7) is 0. The molecule has 0 spiro atoms. The first-order valence-electron chi connectivity index (χ1n) is 4.43. The lowest BCUT2D eigenvalue weighted by molar-refractivity contribution is 0.112. The number of aldehydes is 1. The van der Waals surface area contributed by atoms with Gasteiger partial charge < -0.3 is 0 Å². The molecule has 0 saturated heterocycles. The van der Waals surface area contributed by atoms with Crippen molar-refractivity contribution in [3.05, 3.63) is 33.4 Å². The molecule has 0 amide bonds. The summed E-state index contributed by atoms with van der Waals surface area (Å²) in [6.07, 6.45) is 0.783. The molecule has 1 heterocycles. The molecule has 82 valence electrons. The molecular weight excluding hydrogens is 293 g/mol. The largest absolute Gasteiger partial charge is 0.298 e. The highest BCUT2D eigenvalue weighted by molar-refractivity contribution is 9.10. The standard InChI is InChI=1S/C10H7BrClN3O/c1-15-9(10(11)13-14-15)8-4-7(12)3-2-6(8)5-16/h2-5H,1H3. The number of carbonyl (C=O) groups excluding carboxylic acids is 1. The van der Waals surface area contributed by atoms with E-state index in [1.165, 1.54) is 0 Å². The summed E-state index contributed by atoms with van der Waals surface area (Å²) in [4.78, 5) is 10.9. The van der Waals surface area contributed by atoms with E-state index in [4.69, 9.17) is 11.6 Å². The molecule has 0 radical (unpaired) electrons. The van der Waals surface area contributed by atoms with E-state index in [1.54, 1.807) is 29.9 Å². The lowest BCUT2D eigenvalue weighted by Gasteiger charge is -2.05. The topological polar surface area (TPSA) is 47.8 Å². The maximum atomic E-state index is 10.9. The van der Waals surface area contributed by atoms with Gasteiger partial charge in [0, 0.05) is 23.2 Å². The minimum atomic E-state index is 0.551. The zero-order valence-corrected chi connectivity index (χ0v) is 10.7. The van der Waals surface area contributed by atoms with Gasteiger partial charge in [0.15, 0.2) is 10.9 Å². The van der Waals surface area contributed by atoms with Gasteiger partial charge in [0.2, 0.25) is 0 Å². The fraction of sp³-hybridized carbons (Fsp3) is 0.100. The summed E-state index contributed by atoms with van der Waals surface area (Å²) in [7, 11) is 1.75. The maximum Gasteiger partial charge on any atom is 0.156 e. The number of hydrogen-bond acceptors (Lipinski definition) is 3. The minimum Gasteiger partial charge on any atom is -0.298 e. The number of rotatable bonds is 2. The number of halogens is 2. The molecule has 0 aliphatic carbocycles. The van der Waals surface area contributed by atoms with E-state index < -0.39 is 0 Å². The van der Waals surface area contributed by atoms with Gasteiger partial charge in [-0.05, 0) is 34.1 Å². The van der Waals surface area contributed by atoms with Gasteiger partial charge in [0.1, 0.15) is 5.69 Å². The van der Waals surface area contributed by atoms with Crippen molar-refractivity contribution >= 4 is 33.8 Å². The second-order valence-corrected chi connectivity index (χ2v) is 4.39. The van der Waals surface area contributed by atoms with E-state index >= 15 is 0 Å². The Balaban J connectivity index is 2.72. The lowest BCUT2D eigenvalue weighted by Crippen LogP contribution is -1.97. The van der Waals surface area contributed by atoms with Crippen LogP contribution in [0.4, 0.5) is 0 Å². The highest BCUT2D eigenvalue weighted by Crippen LogP contribution is 2.30. The molecule has 0 fully saturated rings. The van der Waals surface area contributed by atoms with E-state index in [9.17, 15) is 4.79 Å². The quantitative estimate of drug-likeness (QED) is 0.801. The molecule has 0 bridgehead atoms. The number of aromatic nitrogens is 3. The smallest absolute Gasteiger partial charge is 0.156 e. The maximum absolute atomic E-state index is 10.9. The summed E-state index contributed by atoms with van der Waals surface area (Å²) in [5.74, 6) is 0. The van der Waals surface area contributed by atoms with Crippen molar-refractivity contribution < 1.29 is 4.79 Å². The lowest BCUT2D eigenvalue weighted by atomic mass is 10.1. The van der Waals surface area contributed by atoms with Crippen LogP contribution in [0.15, 0.2) is 22.8 Å². The van der Waals surface area contributed by atoms with Crippen LogP contribution in [0.25, 0.3) is 11.3 Å². The average molecular weight is 301 g/mol. The molecule has 0 aliphatic heterocycles. The van der Waals surface area contributed by atoms with Crippen LogP contribution in [0.3, 0.4) is 0 Å². The van der Waals surface area contributed by atoms with Crippen molar-refractivity contribution in [1.82, 2.24) is 15.0 Å². The summed E-state index contributed by atoms with van der Waals surface area (Å²) in [6, 6.07) is 5.06. The van der Waals surface area contributed by atoms with Crippen LogP contribution in [-0.2, 0) is 7.05 Å². The van der Waals surface area contributed by atoms with Gasteiger partial charge >= 0.3 is 0 Å². The van der Waals surface area contributed by atoms with Gasteiger partial charge in [-0.2, -0.15) is 0 Å². The predicted molar refractivity (Wildman–Crippen MR) is 64.5 cm³/mol. The molecule has 6 heteroatoms. The third-order valence-corrected chi connectivity index (χ3v) is 2.95. The third kappa shape index (κ3) is 1.88. The normalized spacial score (nSPS) is 10.4. The van der Waals surface area contributed by atoms with Gasteiger partial charge in [-0.25, -0.2) is 4.68 Å². The summed E-state index contributed by atoms with van der Waals surface area (Å²) >= 11 is 9.20. The Bertz CT molecular complexity index is 533. The monoisotopic (exact) mass is 299 g/mol. The van der Waals surface area contributed by atoms with E-state index in [-0.39, 0.29) is 0 Å². The van der Waals surface area contributed by atoms with Crippen molar-refractivity contribution in [2.24, 2.45) is 7.05 Å². The predicted octanol–water partition coefficient (Wildman–Crippen LogP) is 2.71. The second kappa shape index (κ2) is 4.35. The van der Waals surface area contributed by atoms with Crippen molar-refractivity contribution in [3.8, 4) is 11.3 Å². The first kappa shape index (κ1) is 11.3. The Hall–Kier alpha value is -1.20. The SMILES string of the molecule is Cn1nnc(Br)c1-c1cc(Cl)ccc1C=O. The zero-order chi connectivity index (χ0) is 11.7. The Labute approximate surface area is 105 Å². The van der Waals surface area contributed by atoms with Crippen molar-refractivity contribution in [2.45, 2.75) is 0 Å². The molecule has 2 aromatic rings. The van der Waals surface area contributed by atoms with Gasteiger partial charge in [-0.3, -0.25) is 4.79 Å². The van der Waals surface area contributed by atoms with Gasteiger partial charge in [-0.1, -0.05) is 16.8 Å². The molecule has 0 saturated carbocycles. The average Bonchev–Trinajstić information content (AvgIpc) is 2.58. The number of benzene rings is 1. The van der Waals surface area contributed by atoms with Crippen molar-refractivity contribution in [2.75, 3.05) is 0 Å². The summed E-state index contributed by atoms with van der Waals surface area (Å²) in [5.41, 5.74) is 1.99. The summed E-state index contributed by atoms with van der Waals surface area (Å²) < 4.78 is 2.17. The Morgan fingerprint density at radius 1 is 1.50 bits per heavy atom. The number of aryl methyl sites for hydroxylation is 1. The molecular formula is C10H7BrClN3O. The Morgan fingerprint density at radius 2 is 2.25 bits per heavy atom. The van der Waals surface area contributed by atoms with Crippen LogP contribution in [0.5, 0.6) is 0 Å². The second-order valence-electron chi connectivity index (χ2n) is 3.20. The molecule has 0 unspecified atom stereocenters.